The van der Waals surface area contributed by atoms with Gasteiger partial charge in [-0.05, 0) is 50.0 Å². The fourth-order valence-corrected chi connectivity index (χ4v) is 5.38. The number of hydrogen-bond acceptors (Lipinski definition) is 9. The summed E-state index contributed by atoms with van der Waals surface area (Å²) in [5.41, 5.74) is 2.76. The van der Waals surface area contributed by atoms with Crippen molar-refractivity contribution in [2.24, 2.45) is 0 Å². The van der Waals surface area contributed by atoms with Crippen LogP contribution in [0.5, 0.6) is 11.5 Å². The minimum atomic E-state index is -0.325. The van der Waals surface area contributed by atoms with E-state index < -0.39 is 0 Å². The van der Waals surface area contributed by atoms with Crippen LogP contribution in [0.25, 0.3) is 0 Å². The molecule has 1 aromatic heterocycles. The molecule has 0 fully saturated rings. The number of carbonyl (C=O) groups is 2. The summed E-state index contributed by atoms with van der Waals surface area (Å²) in [4.78, 5) is 34.5. The standard InChI is InChI=1S/C17H22N6O2.C11H13BrN2O2/c1-18-13-10-25-15-4-3-12(7-14(15)21(2)17(13)24)8-22-5-6-23-16(9-22)19-11-20-23;1-13-8-6-16-10-4-3-7(12)5-9(10)14(2)11(8)15/h3-4,7,11,13,18H,5-6,8-10H2,1-2H3;3-5,8,13H,6H2,1-2H3. The van der Waals surface area contributed by atoms with Crippen molar-refractivity contribution in [3.63, 3.8) is 0 Å². The number of likely N-dealkylation sites (N-methyl/N-ethyl adjacent to an activating group) is 4. The highest BCUT2D eigenvalue weighted by Gasteiger charge is 2.29. The van der Waals surface area contributed by atoms with Gasteiger partial charge in [-0.1, -0.05) is 22.0 Å². The number of fused-ring (bicyclic) bond motifs is 3. The van der Waals surface area contributed by atoms with Crippen LogP contribution in [0, 0.1) is 0 Å². The van der Waals surface area contributed by atoms with Gasteiger partial charge < -0.3 is 29.9 Å². The third-order valence-electron chi connectivity index (χ3n) is 7.53. The predicted octanol–water partition coefficient (Wildman–Crippen LogP) is 1.63. The monoisotopic (exact) mass is 626 g/mol. The van der Waals surface area contributed by atoms with Crippen LogP contribution in [0.1, 0.15) is 11.4 Å². The maximum atomic E-state index is 12.5. The molecule has 2 aromatic carbocycles. The van der Waals surface area contributed by atoms with E-state index in [1.807, 2.05) is 35.0 Å². The van der Waals surface area contributed by atoms with E-state index in [-0.39, 0.29) is 23.9 Å². The summed E-state index contributed by atoms with van der Waals surface area (Å²) < 4.78 is 14.3. The molecule has 0 bridgehead atoms. The van der Waals surface area contributed by atoms with Crippen molar-refractivity contribution in [2.75, 3.05) is 57.7 Å². The number of ether oxygens (including phenoxy) is 2. The second kappa shape index (κ2) is 12.6. The van der Waals surface area contributed by atoms with Crippen LogP contribution in [-0.2, 0) is 29.2 Å². The van der Waals surface area contributed by atoms with Gasteiger partial charge in [0.05, 0.1) is 24.5 Å². The minimum absolute atomic E-state index is 0.0133. The Hall–Kier alpha value is -3.52. The predicted molar refractivity (Wildman–Crippen MR) is 158 cm³/mol. The Morgan fingerprint density at radius 1 is 0.902 bits per heavy atom. The number of anilines is 2. The largest absolute Gasteiger partial charge is 0.489 e. The Bertz CT molecular complexity index is 1420. The lowest BCUT2D eigenvalue weighted by molar-refractivity contribution is -0.121. The van der Waals surface area contributed by atoms with Gasteiger partial charge in [-0.3, -0.25) is 14.5 Å². The van der Waals surface area contributed by atoms with Crippen LogP contribution in [0.4, 0.5) is 11.4 Å². The second-order valence-electron chi connectivity index (χ2n) is 10.1. The van der Waals surface area contributed by atoms with Crippen molar-refractivity contribution in [3.05, 3.63) is 58.6 Å². The Labute approximate surface area is 247 Å². The molecular formula is C28H35BrN8O4. The molecule has 2 atom stereocenters. The maximum absolute atomic E-state index is 12.5. The summed E-state index contributed by atoms with van der Waals surface area (Å²) >= 11 is 3.39. The lowest BCUT2D eigenvalue weighted by Gasteiger charge is -2.27. The van der Waals surface area contributed by atoms with Gasteiger partial charge in [0.15, 0.2) is 0 Å². The van der Waals surface area contributed by atoms with Crippen LogP contribution in [0.2, 0.25) is 0 Å². The number of nitrogens with zero attached hydrogens (tertiary/aromatic N) is 6. The molecule has 13 heteroatoms. The number of halogens is 1. The number of rotatable bonds is 4. The number of amides is 2. The molecule has 2 unspecified atom stereocenters. The van der Waals surface area contributed by atoms with E-state index in [0.29, 0.717) is 13.2 Å². The van der Waals surface area contributed by atoms with Crippen LogP contribution in [0.3, 0.4) is 0 Å². The normalized spacial score (nSPS) is 20.4. The first kappa shape index (κ1) is 29.0. The third kappa shape index (κ3) is 6.22. The van der Waals surface area contributed by atoms with E-state index >= 15 is 0 Å². The van der Waals surface area contributed by atoms with Crippen molar-refractivity contribution in [2.45, 2.75) is 31.7 Å². The van der Waals surface area contributed by atoms with Crippen molar-refractivity contribution >= 4 is 39.1 Å². The fraction of sp³-hybridized carbons (Fsp3) is 0.429. The van der Waals surface area contributed by atoms with Gasteiger partial charge in [0.2, 0.25) is 11.8 Å². The first-order chi connectivity index (χ1) is 19.8. The molecule has 0 saturated heterocycles. The van der Waals surface area contributed by atoms with E-state index in [2.05, 4.69) is 47.6 Å². The highest BCUT2D eigenvalue weighted by molar-refractivity contribution is 9.10. The van der Waals surface area contributed by atoms with Crippen LogP contribution >= 0.6 is 15.9 Å². The minimum Gasteiger partial charge on any atom is -0.489 e. The Morgan fingerprint density at radius 3 is 2.15 bits per heavy atom. The van der Waals surface area contributed by atoms with E-state index in [1.165, 1.54) is 0 Å². The van der Waals surface area contributed by atoms with Gasteiger partial charge in [0.1, 0.15) is 48.9 Å². The van der Waals surface area contributed by atoms with Gasteiger partial charge in [0, 0.05) is 31.7 Å². The maximum Gasteiger partial charge on any atom is 0.247 e. The number of hydrogen-bond donors (Lipinski definition) is 2. The summed E-state index contributed by atoms with van der Waals surface area (Å²) in [6, 6.07) is 11.1. The van der Waals surface area contributed by atoms with E-state index in [1.54, 1.807) is 44.3 Å². The van der Waals surface area contributed by atoms with Crippen LogP contribution in [-0.4, -0.2) is 91.5 Å². The number of benzene rings is 2. The fourth-order valence-electron chi connectivity index (χ4n) is 5.03. The molecule has 0 radical (unpaired) electrons. The van der Waals surface area contributed by atoms with Crippen molar-refractivity contribution in [1.82, 2.24) is 30.3 Å². The molecule has 41 heavy (non-hydrogen) atoms. The lowest BCUT2D eigenvalue weighted by atomic mass is 10.1. The van der Waals surface area contributed by atoms with Gasteiger partial charge in [-0.2, -0.15) is 5.10 Å². The molecule has 0 aliphatic carbocycles. The summed E-state index contributed by atoms with van der Waals surface area (Å²) in [5, 5.41) is 10.2. The molecule has 2 N–H and O–H groups in total. The summed E-state index contributed by atoms with van der Waals surface area (Å²) in [6.45, 7) is 4.07. The molecule has 6 rings (SSSR count). The number of nitrogens with one attached hydrogen (secondary N) is 2. The number of carbonyl (C=O) groups excluding carboxylic acids is 2. The van der Waals surface area contributed by atoms with Gasteiger partial charge in [0.25, 0.3) is 0 Å². The average molecular weight is 628 g/mol. The molecule has 218 valence electrons. The summed E-state index contributed by atoms with van der Waals surface area (Å²) in [6.07, 6.45) is 1.61. The average Bonchev–Trinajstić information content (AvgIpc) is 3.37. The highest BCUT2D eigenvalue weighted by Crippen LogP contribution is 2.34. The molecule has 2 amide bonds. The third-order valence-corrected chi connectivity index (χ3v) is 8.02. The SMILES string of the molecule is CNC1COc2ccc(Br)cc2N(C)C1=O.CNC1COc2ccc(CN3CCn4ncnc4C3)cc2N(C)C1=O. The molecule has 12 nitrogen and oxygen atoms in total. The van der Waals surface area contributed by atoms with Crippen molar-refractivity contribution < 1.29 is 19.1 Å². The second-order valence-corrected chi connectivity index (χ2v) is 11.0. The molecule has 3 aliphatic heterocycles. The molecule has 3 aromatic rings. The van der Waals surface area contributed by atoms with Crippen molar-refractivity contribution in [1.29, 1.82) is 0 Å². The van der Waals surface area contributed by atoms with Crippen molar-refractivity contribution in [3.8, 4) is 11.5 Å². The Morgan fingerprint density at radius 2 is 1.51 bits per heavy atom. The van der Waals surface area contributed by atoms with Crippen LogP contribution < -0.4 is 29.9 Å². The number of aromatic nitrogens is 3. The van der Waals surface area contributed by atoms with Gasteiger partial charge >= 0.3 is 0 Å². The lowest BCUT2D eigenvalue weighted by Crippen LogP contribution is -2.45. The summed E-state index contributed by atoms with van der Waals surface area (Å²) in [5.74, 6) is 2.50. The highest BCUT2D eigenvalue weighted by atomic mass is 79.9. The van der Waals surface area contributed by atoms with Gasteiger partial charge in [-0.15, -0.1) is 0 Å². The zero-order chi connectivity index (χ0) is 29.1. The summed E-state index contributed by atoms with van der Waals surface area (Å²) in [7, 11) is 7.09. The molecule has 0 saturated carbocycles. The Kier molecular flexibility index (Phi) is 8.88. The molecule has 0 spiro atoms. The molecular weight excluding hydrogens is 592 g/mol. The van der Waals surface area contributed by atoms with Crippen LogP contribution in [0.15, 0.2) is 47.2 Å². The van der Waals surface area contributed by atoms with Gasteiger partial charge in [-0.25, -0.2) is 9.67 Å². The molecule has 3 aliphatic rings. The first-order valence-electron chi connectivity index (χ1n) is 13.5. The zero-order valence-electron chi connectivity index (χ0n) is 23.6. The first-order valence-corrected chi connectivity index (χ1v) is 14.2. The van der Waals surface area contributed by atoms with E-state index in [4.69, 9.17) is 9.47 Å². The van der Waals surface area contributed by atoms with E-state index in [9.17, 15) is 9.59 Å². The molecule has 4 heterocycles. The quantitative estimate of drug-likeness (QED) is 0.446. The zero-order valence-corrected chi connectivity index (χ0v) is 25.2. The topological polar surface area (TPSA) is 117 Å². The van der Waals surface area contributed by atoms with E-state index in [0.717, 1.165) is 64.9 Å². The Balaban J connectivity index is 0.000000182. The smallest absolute Gasteiger partial charge is 0.247 e.